The van der Waals surface area contributed by atoms with Crippen LogP contribution in [0.5, 0.6) is 0 Å². The molecule has 0 spiro atoms. The summed E-state index contributed by atoms with van der Waals surface area (Å²) in [6.45, 7) is 7.20. The van der Waals surface area contributed by atoms with E-state index in [2.05, 4.69) is 40.4 Å². The zero-order valence-electron chi connectivity index (χ0n) is 10.5. The smallest absolute Gasteiger partial charge is 0.239 e. The van der Waals surface area contributed by atoms with E-state index in [0.717, 1.165) is 22.3 Å². The number of aryl methyl sites for hydroxylation is 1. The number of hydrogen-bond donors (Lipinski definition) is 2. The molecule has 3 nitrogen and oxygen atoms in total. The van der Waals surface area contributed by atoms with Crippen molar-refractivity contribution in [3.63, 3.8) is 0 Å². The summed E-state index contributed by atoms with van der Waals surface area (Å²) in [7, 11) is 0. The van der Waals surface area contributed by atoms with E-state index < -0.39 is 0 Å². The first kappa shape index (κ1) is 14.0. The van der Waals surface area contributed by atoms with E-state index in [1.54, 1.807) is 0 Å². The number of anilines is 1. The summed E-state index contributed by atoms with van der Waals surface area (Å²) in [6.07, 6.45) is 0. The molecule has 0 unspecified atom stereocenters. The quantitative estimate of drug-likeness (QED) is 0.877. The van der Waals surface area contributed by atoms with Gasteiger partial charge in [-0.2, -0.15) is 0 Å². The number of amides is 1. The van der Waals surface area contributed by atoms with Crippen molar-refractivity contribution in [3.05, 3.63) is 28.2 Å². The third-order valence-electron chi connectivity index (χ3n) is 2.35. The normalized spacial score (nSPS) is 10.4. The van der Waals surface area contributed by atoms with Gasteiger partial charge in [-0.15, -0.1) is 0 Å². The lowest BCUT2D eigenvalue weighted by Gasteiger charge is -2.11. The third-order valence-corrected chi connectivity index (χ3v) is 2.84. The highest BCUT2D eigenvalue weighted by Crippen LogP contribution is 2.20. The van der Waals surface area contributed by atoms with Crippen molar-refractivity contribution in [1.82, 2.24) is 5.32 Å². The number of nitrogens with one attached hydrogen (secondary N) is 2. The Morgan fingerprint density at radius 1 is 1.41 bits per heavy atom. The fraction of sp³-hybridized carbons (Fsp3) is 0.462. The van der Waals surface area contributed by atoms with E-state index in [0.29, 0.717) is 12.5 Å². The molecule has 1 aromatic carbocycles. The van der Waals surface area contributed by atoms with Crippen molar-refractivity contribution in [2.45, 2.75) is 20.8 Å². The number of carbonyl (C=O) groups excluding carboxylic acids is 1. The molecule has 0 bridgehead atoms. The van der Waals surface area contributed by atoms with Gasteiger partial charge in [-0.1, -0.05) is 35.8 Å². The molecule has 0 heterocycles. The van der Waals surface area contributed by atoms with Crippen LogP contribution in [-0.4, -0.2) is 19.0 Å². The topological polar surface area (TPSA) is 41.1 Å². The predicted molar refractivity (Wildman–Crippen MR) is 75.2 cm³/mol. The lowest BCUT2D eigenvalue weighted by atomic mass is 10.2. The van der Waals surface area contributed by atoms with E-state index in [1.165, 1.54) is 0 Å². The minimum absolute atomic E-state index is 0.0260. The molecular formula is C13H19BrN2O. The molecule has 17 heavy (non-hydrogen) atoms. The summed E-state index contributed by atoms with van der Waals surface area (Å²) in [6, 6.07) is 5.98. The molecule has 94 valence electrons. The summed E-state index contributed by atoms with van der Waals surface area (Å²) < 4.78 is 1.01. The Bertz CT molecular complexity index is 391. The van der Waals surface area contributed by atoms with Gasteiger partial charge in [0.25, 0.3) is 0 Å². The van der Waals surface area contributed by atoms with Crippen LogP contribution in [0.2, 0.25) is 0 Å². The summed E-state index contributed by atoms with van der Waals surface area (Å²) >= 11 is 3.41. The first-order valence-corrected chi connectivity index (χ1v) is 6.55. The highest BCUT2D eigenvalue weighted by Gasteiger charge is 2.04. The predicted octanol–water partition coefficient (Wildman–Crippen LogP) is 2.94. The summed E-state index contributed by atoms with van der Waals surface area (Å²) in [5.41, 5.74) is 2.11. The van der Waals surface area contributed by atoms with Crippen LogP contribution in [0.1, 0.15) is 19.4 Å². The van der Waals surface area contributed by atoms with E-state index in [1.807, 2.05) is 25.1 Å². The van der Waals surface area contributed by atoms with Crippen molar-refractivity contribution >= 4 is 27.5 Å². The Labute approximate surface area is 111 Å². The maximum absolute atomic E-state index is 11.5. The molecule has 0 radical (unpaired) electrons. The van der Waals surface area contributed by atoms with Crippen LogP contribution >= 0.6 is 15.9 Å². The third kappa shape index (κ3) is 5.22. The second kappa shape index (κ2) is 6.64. The lowest BCUT2D eigenvalue weighted by Crippen LogP contribution is -2.32. The Balaban J connectivity index is 2.44. The van der Waals surface area contributed by atoms with Crippen LogP contribution in [0.3, 0.4) is 0 Å². The lowest BCUT2D eigenvalue weighted by molar-refractivity contribution is -0.119. The van der Waals surface area contributed by atoms with Crippen molar-refractivity contribution in [3.8, 4) is 0 Å². The molecule has 0 fully saturated rings. The van der Waals surface area contributed by atoms with Gasteiger partial charge in [-0.05, 0) is 30.5 Å². The van der Waals surface area contributed by atoms with Crippen molar-refractivity contribution in [1.29, 1.82) is 0 Å². The van der Waals surface area contributed by atoms with Crippen LogP contribution in [0, 0.1) is 12.8 Å². The number of benzene rings is 1. The molecular weight excluding hydrogens is 280 g/mol. The molecule has 4 heteroatoms. The standard InChI is InChI=1S/C13H19BrN2O/c1-9(2)7-16-13(17)8-15-12-6-11(14)5-4-10(12)3/h4-6,9,15H,7-8H2,1-3H3,(H,16,17). The van der Waals surface area contributed by atoms with Crippen molar-refractivity contribution in [2.75, 3.05) is 18.4 Å². The molecule has 1 aromatic rings. The van der Waals surface area contributed by atoms with Crippen LogP contribution in [0.4, 0.5) is 5.69 Å². The average Bonchev–Trinajstić information content (AvgIpc) is 2.27. The van der Waals surface area contributed by atoms with Gasteiger partial charge in [-0.25, -0.2) is 0 Å². The van der Waals surface area contributed by atoms with Crippen LogP contribution in [0.25, 0.3) is 0 Å². The molecule has 0 saturated carbocycles. The van der Waals surface area contributed by atoms with E-state index >= 15 is 0 Å². The number of halogens is 1. The van der Waals surface area contributed by atoms with Crippen LogP contribution < -0.4 is 10.6 Å². The first-order chi connectivity index (χ1) is 7.99. The zero-order valence-corrected chi connectivity index (χ0v) is 12.1. The minimum Gasteiger partial charge on any atom is -0.376 e. The maximum atomic E-state index is 11.5. The van der Waals surface area contributed by atoms with E-state index in [4.69, 9.17) is 0 Å². The fourth-order valence-corrected chi connectivity index (χ4v) is 1.70. The molecule has 1 amide bonds. The number of rotatable bonds is 5. The Morgan fingerprint density at radius 2 is 2.12 bits per heavy atom. The zero-order chi connectivity index (χ0) is 12.8. The summed E-state index contributed by atoms with van der Waals surface area (Å²) in [5.74, 6) is 0.504. The second-order valence-electron chi connectivity index (χ2n) is 4.51. The molecule has 1 rings (SSSR count). The Hall–Kier alpha value is -1.03. The first-order valence-electron chi connectivity index (χ1n) is 5.75. The van der Waals surface area contributed by atoms with Crippen molar-refractivity contribution in [2.24, 2.45) is 5.92 Å². The highest BCUT2D eigenvalue weighted by atomic mass is 79.9. The molecule has 0 aromatic heterocycles. The average molecular weight is 299 g/mol. The second-order valence-corrected chi connectivity index (χ2v) is 5.43. The van der Waals surface area contributed by atoms with E-state index in [-0.39, 0.29) is 5.91 Å². The van der Waals surface area contributed by atoms with Gasteiger partial charge in [0.05, 0.1) is 6.54 Å². The van der Waals surface area contributed by atoms with Crippen molar-refractivity contribution < 1.29 is 4.79 Å². The van der Waals surface area contributed by atoms with Gasteiger partial charge >= 0.3 is 0 Å². The Kier molecular flexibility index (Phi) is 5.48. The largest absolute Gasteiger partial charge is 0.376 e. The molecule has 0 aliphatic rings. The monoisotopic (exact) mass is 298 g/mol. The van der Waals surface area contributed by atoms with Crippen LogP contribution in [-0.2, 0) is 4.79 Å². The maximum Gasteiger partial charge on any atom is 0.239 e. The molecule has 0 aliphatic heterocycles. The van der Waals surface area contributed by atoms with Gasteiger partial charge in [0.15, 0.2) is 0 Å². The van der Waals surface area contributed by atoms with Gasteiger partial charge in [0.1, 0.15) is 0 Å². The fourth-order valence-electron chi connectivity index (χ4n) is 1.34. The molecule has 2 N–H and O–H groups in total. The van der Waals surface area contributed by atoms with Gasteiger partial charge < -0.3 is 10.6 Å². The summed E-state index contributed by atoms with van der Waals surface area (Å²) in [5, 5.41) is 6.01. The van der Waals surface area contributed by atoms with Crippen LogP contribution in [0.15, 0.2) is 22.7 Å². The van der Waals surface area contributed by atoms with Gasteiger partial charge in [-0.3, -0.25) is 4.79 Å². The molecule has 0 saturated heterocycles. The number of carbonyl (C=O) groups is 1. The molecule has 0 aliphatic carbocycles. The molecule has 0 atom stereocenters. The van der Waals surface area contributed by atoms with Gasteiger partial charge in [0.2, 0.25) is 5.91 Å². The highest BCUT2D eigenvalue weighted by molar-refractivity contribution is 9.10. The minimum atomic E-state index is 0.0260. The number of hydrogen-bond acceptors (Lipinski definition) is 2. The Morgan fingerprint density at radius 3 is 2.76 bits per heavy atom. The summed E-state index contributed by atoms with van der Waals surface area (Å²) in [4.78, 5) is 11.5. The SMILES string of the molecule is Cc1ccc(Br)cc1NCC(=O)NCC(C)C. The van der Waals surface area contributed by atoms with E-state index in [9.17, 15) is 4.79 Å². The van der Waals surface area contributed by atoms with Gasteiger partial charge in [0, 0.05) is 16.7 Å².